The Kier molecular flexibility index (Phi) is 5.27. The van der Waals surface area contributed by atoms with Crippen molar-refractivity contribution in [3.63, 3.8) is 0 Å². The zero-order chi connectivity index (χ0) is 16.3. The molecular weight excluding hydrogens is 347 g/mol. The van der Waals surface area contributed by atoms with Gasteiger partial charge in [0.05, 0.1) is 0 Å². The van der Waals surface area contributed by atoms with E-state index < -0.39 is 22.4 Å². The van der Waals surface area contributed by atoms with Crippen molar-refractivity contribution < 1.29 is 14.7 Å². The van der Waals surface area contributed by atoms with Crippen LogP contribution in [0.1, 0.15) is 26.7 Å². The van der Waals surface area contributed by atoms with Crippen LogP contribution in [-0.4, -0.2) is 55.0 Å². The Balaban J connectivity index is 2.22. The van der Waals surface area contributed by atoms with E-state index in [4.69, 9.17) is 5.73 Å². The average Bonchev–Trinajstić information content (AvgIpc) is 2.93. The number of hydrogen-bond acceptors (Lipinski definition) is 3. The number of rotatable bonds is 5. The standard InChI is InChI=1S/C16H22N2O3Se/c1-16(2,21)13(22-11-7-4-3-5-8-11)15(20)18-10-6-9-12(18)14(17)19/h3-5,7-8,12-13,21H,6,9-10H2,1-2H3,(H2,17,19)/t12-,13?/m0/s1. The molecule has 1 heterocycles. The second-order valence-corrected chi connectivity index (χ2v) is 8.53. The van der Waals surface area contributed by atoms with Gasteiger partial charge in [-0.3, -0.25) is 0 Å². The summed E-state index contributed by atoms with van der Waals surface area (Å²) >= 11 is -0.221. The quantitative estimate of drug-likeness (QED) is 0.720. The first-order valence-electron chi connectivity index (χ1n) is 7.34. The molecule has 1 aromatic carbocycles. The van der Waals surface area contributed by atoms with E-state index in [1.165, 1.54) is 0 Å². The monoisotopic (exact) mass is 370 g/mol. The van der Waals surface area contributed by atoms with Crippen molar-refractivity contribution in [1.29, 1.82) is 0 Å². The fourth-order valence-electron chi connectivity index (χ4n) is 2.61. The summed E-state index contributed by atoms with van der Waals surface area (Å²) in [6.45, 7) is 3.83. The van der Waals surface area contributed by atoms with Gasteiger partial charge < -0.3 is 0 Å². The summed E-state index contributed by atoms with van der Waals surface area (Å²) in [5, 5.41) is 10.4. The molecule has 1 saturated heterocycles. The number of carbonyl (C=O) groups is 2. The summed E-state index contributed by atoms with van der Waals surface area (Å²) in [6.07, 6.45) is 1.38. The van der Waals surface area contributed by atoms with Crippen LogP contribution in [0.2, 0.25) is 4.82 Å². The fraction of sp³-hybridized carbons (Fsp3) is 0.500. The van der Waals surface area contributed by atoms with Crippen LogP contribution in [-0.2, 0) is 9.59 Å². The molecular formula is C16H22N2O3Se. The summed E-state index contributed by atoms with van der Waals surface area (Å²) in [6, 6.07) is 9.15. The van der Waals surface area contributed by atoms with Crippen LogP contribution in [0.5, 0.6) is 0 Å². The van der Waals surface area contributed by atoms with Gasteiger partial charge in [0.15, 0.2) is 0 Å². The minimum atomic E-state index is -1.14. The minimum absolute atomic E-state index is 0.169. The molecule has 1 aliphatic rings. The van der Waals surface area contributed by atoms with Crippen molar-refractivity contribution in [1.82, 2.24) is 4.90 Å². The molecule has 5 nitrogen and oxygen atoms in total. The van der Waals surface area contributed by atoms with Crippen LogP contribution in [0, 0.1) is 0 Å². The number of nitrogens with zero attached hydrogens (tertiary/aromatic N) is 1. The van der Waals surface area contributed by atoms with E-state index in [1.807, 2.05) is 30.3 Å². The van der Waals surface area contributed by atoms with Crippen LogP contribution in [0.3, 0.4) is 0 Å². The van der Waals surface area contributed by atoms with E-state index >= 15 is 0 Å². The summed E-state index contributed by atoms with van der Waals surface area (Å²) < 4.78 is 1.05. The van der Waals surface area contributed by atoms with Crippen LogP contribution in [0.25, 0.3) is 0 Å². The number of benzene rings is 1. The SMILES string of the molecule is CC(C)(O)C([Se]c1ccccc1)C(=O)N1CCC[C@H]1C(N)=O. The van der Waals surface area contributed by atoms with E-state index in [0.717, 1.165) is 10.9 Å². The maximum atomic E-state index is 12.9. The molecule has 1 aromatic rings. The number of nitrogens with two attached hydrogens (primary N) is 1. The summed E-state index contributed by atoms with van der Waals surface area (Å²) in [5.74, 6) is -0.634. The second-order valence-electron chi connectivity index (χ2n) is 6.06. The van der Waals surface area contributed by atoms with Crippen LogP contribution in [0.15, 0.2) is 30.3 Å². The molecule has 0 saturated carbocycles. The molecule has 1 fully saturated rings. The Hall–Kier alpha value is -1.36. The van der Waals surface area contributed by atoms with Gasteiger partial charge in [-0.15, -0.1) is 0 Å². The molecule has 120 valence electrons. The summed E-state index contributed by atoms with van der Waals surface area (Å²) in [5.41, 5.74) is 4.26. The van der Waals surface area contributed by atoms with E-state index in [2.05, 4.69) is 0 Å². The van der Waals surface area contributed by atoms with Gasteiger partial charge in [-0.25, -0.2) is 0 Å². The van der Waals surface area contributed by atoms with Crippen molar-refractivity contribution in [2.45, 2.75) is 43.1 Å². The topological polar surface area (TPSA) is 83.6 Å². The molecule has 0 bridgehead atoms. The Morgan fingerprint density at radius 2 is 2.00 bits per heavy atom. The predicted molar refractivity (Wildman–Crippen MR) is 85.8 cm³/mol. The van der Waals surface area contributed by atoms with Crippen LogP contribution >= 0.6 is 0 Å². The molecule has 0 radical (unpaired) electrons. The summed E-state index contributed by atoms with van der Waals surface area (Å²) in [7, 11) is 0. The predicted octanol–water partition coefficient (Wildman–Crippen LogP) is 0.0518. The van der Waals surface area contributed by atoms with E-state index in [0.29, 0.717) is 13.0 Å². The van der Waals surface area contributed by atoms with Gasteiger partial charge in [-0.1, -0.05) is 0 Å². The zero-order valence-electron chi connectivity index (χ0n) is 12.9. The van der Waals surface area contributed by atoms with E-state index in [-0.39, 0.29) is 20.9 Å². The molecule has 1 unspecified atom stereocenters. The maximum absolute atomic E-state index is 12.9. The number of aliphatic hydroxyl groups is 1. The molecule has 0 aliphatic carbocycles. The third-order valence-corrected chi connectivity index (χ3v) is 7.00. The van der Waals surface area contributed by atoms with Crippen molar-refractivity contribution >= 4 is 31.2 Å². The van der Waals surface area contributed by atoms with Gasteiger partial charge in [-0.2, -0.15) is 0 Å². The normalized spacial score (nSPS) is 20.0. The van der Waals surface area contributed by atoms with Crippen molar-refractivity contribution in [2.75, 3.05) is 6.54 Å². The van der Waals surface area contributed by atoms with Gasteiger partial charge >= 0.3 is 137 Å². The number of amides is 2. The van der Waals surface area contributed by atoms with Crippen molar-refractivity contribution in [3.05, 3.63) is 30.3 Å². The molecule has 2 amide bonds. The van der Waals surface area contributed by atoms with Gasteiger partial charge in [0.2, 0.25) is 0 Å². The Morgan fingerprint density at radius 1 is 1.36 bits per heavy atom. The van der Waals surface area contributed by atoms with Gasteiger partial charge in [0.1, 0.15) is 0 Å². The molecule has 3 N–H and O–H groups in total. The zero-order valence-corrected chi connectivity index (χ0v) is 14.6. The molecule has 2 atom stereocenters. The van der Waals surface area contributed by atoms with Crippen molar-refractivity contribution in [2.24, 2.45) is 5.73 Å². The van der Waals surface area contributed by atoms with E-state index in [1.54, 1.807) is 18.7 Å². The van der Waals surface area contributed by atoms with Crippen LogP contribution < -0.4 is 10.2 Å². The van der Waals surface area contributed by atoms with Crippen LogP contribution in [0.4, 0.5) is 0 Å². The summed E-state index contributed by atoms with van der Waals surface area (Å²) in [4.78, 5) is 25.4. The first-order chi connectivity index (χ1) is 10.3. The first-order valence-corrected chi connectivity index (χ1v) is 9.19. The molecule has 0 aromatic heterocycles. The fourth-order valence-corrected chi connectivity index (χ4v) is 4.94. The molecule has 0 spiro atoms. The van der Waals surface area contributed by atoms with Crippen molar-refractivity contribution in [3.8, 4) is 0 Å². The Morgan fingerprint density at radius 3 is 2.55 bits per heavy atom. The molecule has 1 aliphatic heterocycles. The van der Waals surface area contributed by atoms with E-state index in [9.17, 15) is 14.7 Å². The number of primary amides is 1. The van der Waals surface area contributed by atoms with Gasteiger partial charge in [0.25, 0.3) is 0 Å². The third-order valence-electron chi connectivity index (χ3n) is 3.73. The number of likely N-dealkylation sites (tertiary alicyclic amines) is 1. The third kappa shape index (κ3) is 3.88. The molecule has 2 rings (SSSR count). The number of carbonyl (C=O) groups excluding carboxylic acids is 2. The second kappa shape index (κ2) is 6.82. The van der Waals surface area contributed by atoms with Gasteiger partial charge in [0, 0.05) is 0 Å². The number of hydrogen-bond donors (Lipinski definition) is 2. The molecule has 22 heavy (non-hydrogen) atoms. The average molecular weight is 369 g/mol. The Bertz CT molecular complexity index is 542. The Labute approximate surface area is 137 Å². The van der Waals surface area contributed by atoms with Gasteiger partial charge in [-0.05, 0) is 0 Å². The molecule has 6 heteroatoms. The first kappa shape index (κ1) is 17.0.